The number of carbonyl (C=O) groups excluding carboxylic acids is 2. The molecule has 2 bridgehead atoms. The van der Waals surface area contributed by atoms with E-state index in [4.69, 9.17) is 9.47 Å². The van der Waals surface area contributed by atoms with Crippen molar-refractivity contribution in [2.45, 2.75) is 24.5 Å². The van der Waals surface area contributed by atoms with Crippen LogP contribution in [0.1, 0.15) is 27.5 Å². The van der Waals surface area contributed by atoms with Crippen molar-refractivity contribution in [1.82, 2.24) is 4.90 Å². The highest BCUT2D eigenvalue weighted by molar-refractivity contribution is 9.15. The van der Waals surface area contributed by atoms with Crippen molar-refractivity contribution in [1.29, 1.82) is 0 Å². The van der Waals surface area contributed by atoms with E-state index in [1.807, 2.05) is 54.7 Å². The molecule has 6 rings (SSSR count). The number of ether oxygens (including phenoxy) is 2. The lowest BCUT2D eigenvalue weighted by Crippen LogP contribution is -2.48. The predicted molar refractivity (Wildman–Crippen MR) is 109 cm³/mol. The smallest absolute Gasteiger partial charge is 0.218 e. The number of nitrogens with zero attached hydrogens (tertiary/aromatic N) is 1. The first-order chi connectivity index (χ1) is 14.1. The van der Waals surface area contributed by atoms with Crippen molar-refractivity contribution in [3.63, 3.8) is 0 Å². The van der Waals surface area contributed by atoms with Crippen LogP contribution in [0.15, 0.2) is 60.8 Å². The minimum atomic E-state index is -0.810. The van der Waals surface area contributed by atoms with Crippen LogP contribution in [0.2, 0.25) is 0 Å². The third-order valence-electron chi connectivity index (χ3n) is 6.59. The van der Waals surface area contributed by atoms with E-state index in [0.29, 0.717) is 12.2 Å². The Bertz CT molecular complexity index is 1050. The molecular formula is C23H18BrNO4. The molecule has 4 aliphatic rings. The van der Waals surface area contributed by atoms with Crippen LogP contribution in [0.4, 0.5) is 0 Å². The molecule has 4 aliphatic heterocycles. The molecule has 0 aromatic heterocycles. The first kappa shape index (κ1) is 17.6. The molecule has 146 valence electrons. The number of carbonyl (C=O) groups is 2. The van der Waals surface area contributed by atoms with Crippen LogP contribution in [0.25, 0.3) is 4.48 Å². The molecule has 0 N–H and O–H groups in total. The van der Waals surface area contributed by atoms with Gasteiger partial charge in [-0.2, -0.15) is 0 Å². The molecular weight excluding hydrogens is 434 g/mol. The molecule has 2 aromatic carbocycles. The molecule has 2 aromatic rings. The zero-order valence-corrected chi connectivity index (χ0v) is 17.0. The fourth-order valence-electron chi connectivity index (χ4n) is 5.44. The van der Waals surface area contributed by atoms with Gasteiger partial charge in [0.05, 0.1) is 30.7 Å². The summed E-state index contributed by atoms with van der Waals surface area (Å²) in [7, 11) is 0. The van der Waals surface area contributed by atoms with E-state index in [0.717, 1.165) is 15.6 Å². The van der Waals surface area contributed by atoms with E-state index in [9.17, 15) is 9.59 Å². The fourth-order valence-corrected chi connectivity index (χ4v) is 6.04. The van der Waals surface area contributed by atoms with Crippen molar-refractivity contribution < 1.29 is 19.1 Å². The molecule has 29 heavy (non-hydrogen) atoms. The molecule has 0 amide bonds. The predicted octanol–water partition coefficient (Wildman–Crippen LogP) is 3.56. The molecule has 2 unspecified atom stereocenters. The summed E-state index contributed by atoms with van der Waals surface area (Å²) in [5, 5.41) is 0. The Morgan fingerprint density at radius 1 is 1.07 bits per heavy atom. The number of fused-ring (bicyclic) bond motifs is 8. The zero-order chi connectivity index (χ0) is 19.7. The van der Waals surface area contributed by atoms with Crippen LogP contribution >= 0.6 is 15.9 Å². The van der Waals surface area contributed by atoms with Gasteiger partial charge in [-0.05, 0) is 27.1 Å². The normalized spacial score (nSPS) is 34.3. The van der Waals surface area contributed by atoms with Crippen molar-refractivity contribution in [2.24, 2.45) is 11.8 Å². The van der Waals surface area contributed by atoms with E-state index in [-0.39, 0.29) is 35.5 Å². The van der Waals surface area contributed by atoms with Crippen molar-refractivity contribution in [3.05, 3.63) is 77.5 Å². The minimum Gasteiger partial charge on any atom is -0.358 e. The minimum absolute atomic E-state index is 0.0146. The van der Waals surface area contributed by atoms with Crippen molar-refractivity contribution in [3.8, 4) is 0 Å². The Balaban J connectivity index is 1.54. The standard InChI is InChI=1S/C23H18BrNO4/c24-15-10-25-19(14-9-5-4-8-13(14)15)18-17(16-11-28-23(29-16)22(18)27)20(25)21(26)12-6-2-1-3-7-12/h1-10,16-20,23H,11H2/t16?,17-,18-,19+,20-,23?/m0/s1. The first-order valence-electron chi connectivity index (χ1n) is 9.79. The van der Waals surface area contributed by atoms with Gasteiger partial charge in [-0.1, -0.05) is 54.6 Å². The van der Waals surface area contributed by atoms with Gasteiger partial charge in [-0.25, -0.2) is 0 Å². The molecule has 0 spiro atoms. The second kappa shape index (κ2) is 6.36. The van der Waals surface area contributed by atoms with Gasteiger partial charge in [0.25, 0.3) is 0 Å². The monoisotopic (exact) mass is 451 g/mol. The molecule has 5 nitrogen and oxygen atoms in total. The highest BCUT2D eigenvalue weighted by Crippen LogP contribution is 2.56. The SMILES string of the molecule is O=C1C2OCC(O2)[C@H]2[C@H]1[C@H]1c3ccccc3C(Br)=CN1[C@@H]2C(=O)c1ccccc1. The Kier molecular flexibility index (Phi) is 3.85. The van der Waals surface area contributed by atoms with Gasteiger partial charge in [0.1, 0.15) is 0 Å². The number of hydrogen-bond donors (Lipinski definition) is 0. The maximum Gasteiger partial charge on any atom is 0.218 e. The lowest BCUT2D eigenvalue weighted by Gasteiger charge is -2.35. The molecule has 3 fully saturated rings. The second-order valence-electron chi connectivity index (χ2n) is 7.98. The lowest BCUT2D eigenvalue weighted by molar-refractivity contribution is -0.164. The number of halogens is 1. The number of Topliss-reactive ketones (excluding diaryl/α,β-unsaturated/α-hetero) is 2. The van der Waals surface area contributed by atoms with Gasteiger partial charge >= 0.3 is 0 Å². The Hall–Kier alpha value is -2.28. The summed E-state index contributed by atoms with van der Waals surface area (Å²) in [5.74, 6) is -0.623. The largest absolute Gasteiger partial charge is 0.358 e. The topological polar surface area (TPSA) is 55.8 Å². The zero-order valence-electron chi connectivity index (χ0n) is 15.4. The summed E-state index contributed by atoms with van der Waals surface area (Å²) in [6.07, 6.45) is 0.916. The highest BCUT2D eigenvalue weighted by Gasteiger charge is 2.64. The summed E-state index contributed by atoms with van der Waals surface area (Å²) < 4.78 is 12.4. The summed E-state index contributed by atoms with van der Waals surface area (Å²) >= 11 is 3.68. The molecule has 6 atom stereocenters. The van der Waals surface area contributed by atoms with Gasteiger partial charge in [0, 0.05) is 22.2 Å². The Morgan fingerprint density at radius 2 is 1.83 bits per heavy atom. The Morgan fingerprint density at radius 3 is 2.66 bits per heavy atom. The van der Waals surface area contributed by atoms with Crippen molar-refractivity contribution >= 4 is 32.0 Å². The van der Waals surface area contributed by atoms with Gasteiger partial charge in [0.2, 0.25) is 6.29 Å². The van der Waals surface area contributed by atoms with Gasteiger partial charge in [-0.15, -0.1) is 0 Å². The molecule has 3 saturated heterocycles. The van der Waals surface area contributed by atoms with Crippen LogP contribution in [0.3, 0.4) is 0 Å². The molecule has 0 saturated carbocycles. The summed E-state index contributed by atoms with van der Waals surface area (Å²) in [6.45, 7) is 0.350. The van der Waals surface area contributed by atoms with Gasteiger partial charge < -0.3 is 14.4 Å². The van der Waals surface area contributed by atoms with Crippen LogP contribution in [0, 0.1) is 11.8 Å². The third kappa shape index (κ3) is 2.40. The van der Waals surface area contributed by atoms with Crippen molar-refractivity contribution in [2.75, 3.05) is 6.61 Å². The van der Waals surface area contributed by atoms with E-state index in [2.05, 4.69) is 26.9 Å². The number of hydrogen-bond acceptors (Lipinski definition) is 5. The van der Waals surface area contributed by atoms with E-state index in [1.165, 1.54) is 0 Å². The maximum atomic E-state index is 13.7. The van der Waals surface area contributed by atoms with E-state index < -0.39 is 12.3 Å². The molecule has 0 aliphatic carbocycles. The summed E-state index contributed by atoms with van der Waals surface area (Å²) in [4.78, 5) is 29.0. The highest BCUT2D eigenvalue weighted by atomic mass is 79.9. The number of ketones is 2. The quantitative estimate of drug-likeness (QED) is 0.653. The second-order valence-corrected chi connectivity index (χ2v) is 8.83. The molecule has 0 radical (unpaired) electrons. The average Bonchev–Trinajstić information content (AvgIpc) is 3.34. The lowest BCUT2D eigenvalue weighted by atomic mass is 9.75. The number of benzene rings is 2. The summed E-state index contributed by atoms with van der Waals surface area (Å²) in [5.41, 5.74) is 2.77. The first-order valence-corrected chi connectivity index (χ1v) is 10.6. The maximum absolute atomic E-state index is 13.7. The third-order valence-corrected chi connectivity index (χ3v) is 7.22. The summed E-state index contributed by atoms with van der Waals surface area (Å²) in [6, 6.07) is 16.7. The number of rotatable bonds is 2. The van der Waals surface area contributed by atoms with Crippen LogP contribution in [-0.2, 0) is 14.3 Å². The Labute approximate surface area is 176 Å². The molecule has 4 heterocycles. The van der Waals surface area contributed by atoms with E-state index >= 15 is 0 Å². The average molecular weight is 452 g/mol. The van der Waals surface area contributed by atoms with E-state index in [1.54, 1.807) is 0 Å². The van der Waals surface area contributed by atoms with Gasteiger partial charge in [-0.3, -0.25) is 9.59 Å². The van der Waals surface area contributed by atoms with Crippen LogP contribution in [0.5, 0.6) is 0 Å². The van der Waals surface area contributed by atoms with Crippen LogP contribution in [-0.4, -0.2) is 41.5 Å². The fraction of sp³-hybridized carbons (Fsp3) is 0.304. The van der Waals surface area contributed by atoms with Gasteiger partial charge in [0.15, 0.2) is 11.6 Å². The van der Waals surface area contributed by atoms with Crippen LogP contribution < -0.4 is 0 Å². The molecule has 6 heteroatoms.